The predicted molar refractivity (Wildman–Crippen MR) is 104 cm³/mol. The summed E-state index contributed by atoms with van der Waals surface area (Å²) in [6.07, 6.45) is 15.9. The molecule has 132 valence electrons. The van der Waals surface area contributed by atoms with E-state index in [0.717, 1.165) is 50.3 Å². The number of nitrogens with zero attached hydrogens (tertiary/aromatic N) is 3. The number of unbranched alkanes of at least 4 members (excludes halogenated alkanes) is 1. The van der Waals surface area contributed by atoms with Crippen molar-refractivity contribution in [2.75, 3.05) is 19.5 Å². The minimum absolute atomic E-state index is 0.542. The van der Waals surface area contributed by atoms with E-state index < -0.39 is 0 Å². The van der Waals surface area contributed by atoms with Crippen molar-refractivity contribution in [1.29, 1.82) is 0 Å². The van der Waals surface area contributed by atoms with Crippen molar-refractivity contribution in [3.05, 3.63) is 54.8 Å². The Labute approximate surface area is 154 Å². The summed E-state index contributed by atoms with van der Waals surface area (Å²) in [5.41, 5.74) is 2.04. The van der Waals surface area contributed by atoms with Crippen LogP contribution in [0, 0.1) is 5.92 Å². The second kappa shape index (κ2) is 9.59. The van der Waals surface area contributed by atoms with E-state index in [9.17, 15) is 0 Å². The molecule has 0 saturated carbocycles. The molecule has 1 heterocycles. The molecule has 1 aromatic heterocycles. The Hall–Kier alpha value is -1.85. The summed E-state index contributed by atoms with van der Waals surface area (Å²) in [4.78, 5) is 1.26. The molecule has 0 fully saturated rings. The van der Waals surface area contributed by atoms with Gasteiger partial charge in [-0.1, -0.05) is 41.7 Å². The third-order valence-corrected chi connectivity index (χ3v) is 5.00. The molecule has 1 atom stereocenters. The van der Waals surface area contributed by atoms with Crippen LogP contribution in [0.25, 0.3) is 11.3 Å². The number of rotatable bonds is 9. The third kappa shape index (κ3) is 5.58. The van der Waals surface area contributed by atoms with Gasteiger partial charge in [-0.15, -0.1) is 16.9 Å². The van der Waals surface area contributed by atoms with E-state index in [4.69, 9.17) is 4.74 Å². The van der Waals surface area contributed by atoms with Gasteiger partial charge in [-0.3, -0.25) is 4.68 Å². The Morgan fingerprint density at radius 1 is 1.20 bits per heavy atom. The van der Waals surface area contributed by atoms with Gasteiger partial charge < -0.3 is 4.74 Å². The third-order valence-electron chi connectivity index (χ3n) is 4.25. The van der Waals surface area contributed by atoms with Crippen LogP contribution in [0.15, 0.2) is 59.7 Å². The van der Waals surface area contributed by atoms with Crippen molar-refractivity contribution in [2.24, 2.45) is 5.92 Å². The summed E-state index contributed by atoms with van der Waals surface area (Å²) in [6.45, 7) is 2.51. The number of benzene rings is 1. The van der Waals surface area contributed by atoms with Gasteiger partial charge in [-0.05, 0) is 37.7 Å². The number of aryl methyl sites for hydroxylation is 1. The molecule has 0 N–H and O–H groups in total. The molecule has 0 amide bonds. The first-order valence-electron chi connectivity index (χ1n) is 8.81. The van der Waals surface area contributed by atoms with Gasteiger partial charge in [0.2, 0.25) is 0 Å². The van der Waals surface area contributed by atoms with Crippen molar-refractivity contribution >= 4 is 11.8 Å². The van der Waals surface area contributed by atoms with Crippen molar-refractivity contribution in [2.45, 2.75) is 30.7 Å². The zero-order chi connectivity index (χ0) is 17.3. The highest BCUT2D eigenvalue weighted by atomic mass is 32.2. The average molecular weight is 356 g/mol. The SMILES string of the molecule is CSc1ccc(-c2cn(CCCCOCC3C=CC=CC3)nn2)cc1. The van der Waals surface area contributed by atoms with E-state index in [2.05, 4.69) is 65.1 Å². The fourth-order valence-electron chi connectivity index (χ4n) is 2.77. The van der Waals surface area contributed by atoms with Crippen molar-refractivity contribution in [1.82, 2.24) is 15.0 Å². The fourth-order valence-corrected chi connectivity index (χ4v) is 3.18. The van der Waals surface area contributed by atoms with Gasteiger partial charge in [-0.25, -0.2) is 0 Å². The first-order chi connectivity index (χ1) is 12.3. The molecule has 0 radical (unpaired) electrons. The van der Waals surface area contributed by atoms with Crippen molar-refractivity contribution < 1.29 is 4.74 Å². The summed E-state index contributed by atoms with van der Waals surface area (Å²) >= 11 is 1.74. The number of hydrogen-bond acceptors (Lipinski definition) is 4. The highest BCUT2D eigenvalue weighted by Gasteiger charge is 2.06. The smallest absolute Gasteiger partial charge is 0.113 e. The molecule has 1 aromatic carbocycles. The zero-order valence-corrected chi connectivity index (χ0v) is 15.5. The van der Waals surface area contributed by atoms with E-state index >= 15 is 0 Å². The molecule has 4 nitrogen and oxygen atoms in total. The maximum absolute atomic E-state index is 5.77. The lowest BCUT2D eigenvalue weighted by atomic mass is 10.0. The summed E-state index contributed by atoms with van der Waals surface area (Å²) < 4.78 is 7.70. The van der Waals surface area contributed by atoms with Crippen LogP contribution >= 0.6 is 11.8 Å². The molecule has 2 aromatic rings. The van der Waals surface area contributed by atoms with Crippen molar-refractivity contribution in [3.63, 3.8) is 0 Å². The number of allylic oxidation sites excluding steroid dienone is 3. The molecule has 0 saturated heterocycles. The largest absolute Gasteiger partial charge is 0.381 e. The molecular formula is C20H25N3OS. The molecule has 0 aliphatic heterocycles. The van der Waals surface area contributed by atoms with E-state index in [1.165, 1.54) is 4.90 Å². The van der Waals surface area contributed by atoms with Gasteiger partial charge in [0.1, 0.15) is 5.69 Å². The molecule has 1 aliphatic rings. The van der Waals surface area contributed by atoms with Crippen LogP contribution in [0.2, 0.25) is 0 Å². The number of hydrogen-bond donors (Lipinski definition) is 0. The molecule has 0 spiro atoms. The zero-order valence-electron chi connectivity index (χ0n) is 14.7. The average Bonchev–Trinajstić information content (AvgIpc) is 3.14. The van der Waals surface area contributed by atoms with Gasteiger partial charge in [0.05, 0.1) is 12.8 Å². The summed E-state index contributed by atoms with van der Waals surface area (Å²) in [5.74, 6) is 0.542. The Morgan fingerprint density at radius 2 is 2.08 bits per heavy atom. The van der Waals surface area contributed by atoms with E-state index in [1.807, 2.05) is 10.9 Å². The second-order valence-corrected chi connectivity index (χ2v) is 7.07. The molecule has 0 bridgehead atoms. The van der Waals surface area contributed by atoms with Crippen LogP contribution in [0.1, 0.15) is 19.3 Å². The quantitative estimate of drug-likeness (QED) is 0.487. The van der Waals surface area contributed by atoms with Crippen LogP contribution in [-0.2, 0) is 11.3 Å². The van der Waals surface area contributed by atoms with Crippen LogP contribution in [-0.4, -0.2) is 34.5 Å². The summed E-state index contributed by atoms with van der Waals surface area (Å²) in [7, 11) is 0. The van der Waals surface area contributed by atoms with Crippen LogP contribution in [0.5, 0.6) is 0 Å². The first-order valence-corrected chi connectivity index (χ1v) is 10.0. The first kappa shape index (κ1) is 18.0. The monoisotopic (exact) mass is 355 g/mol. The summed E-state index contributed by atoms with van der Waals surface area (Å²) in [6, 6.07) is 8.44. The molecule has 1 unspecified atom stereocenters. The van der Waals surface area contributed by atoms with E-state index in [0.29, 0.717) is 5.92 Å². The van der Waals surface area contributed by atoms with Gasteiger partial charge in [-0.2, -0.15) is 0 Å². The number of thioether (sulfide) groups is 1. The molecular weight excluding hydrogens is 330 g/mol. The van der Waals surface area contributed by atoms with E-state index in [-0.39, 0.29) is 0 Å². The topological polar surface area (TPSA) is 39.9 Å². The number of ether oxygens (including phenoxy) is 1. The maximum Gasteiger partial charge on any atom is 0.113 e. The lowest BCUT2D eigenvalue weighted by Crippen LogP contribution is -2.09. The highest BCUT2D eigenvalue weighted by molar-refractivity contribution is 7.98. The lowest BCUT2D eigenvalue weighted by molar-refractivity contribution is 0.108. The Bertz CT molecular complexity index is 706. The minimum atomic E-state index is 0.542. The molecule has 25 heavy (non-hydrogen) atoms. The van der Waals surface area contributed by atoms with Crippen LogP contribution in [0.4, 0.5) is 0 Å². The van der Waals surface area contributed by atoms with Gasteiger partial charge in [0.25, 0.3) is 0 Å². The molecule has 3 rings (SSSR count). The maximum atomic E-state index is 5.77. The Kier molecular flexibility index (Phi) is 6.89. The minimum Gasteiger partial charge on any atom is -0.381 e. The predicted octanol–water partition coefficient (Wildman–Crippen LogP) is 4.60. The fraction of sp³-hybridized carbons (Fsp3) is 0.400. The second-order valence-electron chi connectivity index (χ2n) is 6.19. The van der Waals surface area contributed by atoms with Crippen LogP contribution in [0.3, 0.4) is 0 Å². The van der Waals surface area contributed by atoms with Gasteiger partial charge >= 0.3 is 0 Å². The standard InChI is InChI=1S/C20H25N3OS/c1-25-19-11-9-18(10-12-19)20-15-23(22-21-20)13-5-6-14-24-16-17-7-3-2-4-8-17/h2-4,7,9-12,15,17H,5-6,8,13-14,16H2,1H3. The molecule has 1 aliphatic carbocycles. The normalized spacial score (nSPS) is 16.4. The van der Waals surface area contributed by atoms with Crippen molar-refractivity contribution in [3.8, 4) is 11.3 Å². The Balaban J connectivity index is 1.35. The lowest BCUT2D eigenvalue weighted by Gasteiger charge is -2.13. The van der Waals surface area contributed by atoms with Gasteiger partial charge in [0.15, 0.2) is 0 Å². The van der Waals surface area contributed by atoms with Gasteiger partial charge in [0, 0.05) is 29.5 Å². The van der Waals surface area contributed by atoms with E-state index in [1.54, 1.807) is 11.8 Å². The highest BCUT2D eigenvalue weighted by Crippen LogP contribution is 2.21. The molecule has 5 heteroatoms. The summed E-state index contributed by atoms with van der Waals surface area (Å²) in [5, 5.41) is 8.51. The van der Waals surface area contributed by atoms with Crippen LogP contribution < -0.4 is 0 Å². The Morgan fingerprint density at radius 3 is 2.84 bits per heavy atom. The number of aromatic nitrogens is 3.